The van der Waals surface area contributed by atoms with Crippen LogP contribution in [-0.4, -0.2) is 118 Å². The van der Waals surface area contributed by atoms with Crippen LogP contribution < -0.4 is 31.2 Å². The molecule has 27 heteroatoms. The van der Waals surface area contributed by atoms with Crippen LogP contribution in [0, 0.1) is 0 Å². The summed E-state index contributed by atoms with van der Waals surface area (Å²) in [5.41, 5.74) is 3.80. The van der Waals surface area contributed by atoms with Gasteiger partial charge in [-0.2, -0.15) is 82.6 Å². The van der Waals surface area contributed by atoms with Gasteiger partial charge in [-0.05, 0) is 114 Å². The average molecular weight is 937 g/mol. The van der Waals surface area contributed by atoms with E-state index in [2.05, 4.69) is 72.2 Å². The second-order valence-electron chi connectivity index (χ2n) is 14.1. The zero-order valence-electron chi connectivity index (χ0n) is 33.2. The van der Waals surface area contributed by atoms with Gasteiger partial charge in [0.2, 0.25) is 23.1 Å². The molecule has 2 aromatic heterocycles. The van der Waals surface area contributed by atoms with E-state index < -0.39 is 66.4 Å². The number of rotatable bonds is 10. The Morgan fingerprint density at radius 2 is 1.02 bits per heavy atom. The number of hydrogen-bond donors (Lipinski definition) is 4. The van der Waals surface area contributed by atoms with Crippen molar-refractivity contribution in [3.8, 4) is 12.0 Å². The SMILES string of the molecule is CN1CCC(N)CC1.CN1CCC(Nc2nc(Nc3cccc(C(F)(F)F)c3)nc(OCC(F)(F)F)n2)CC1.FC(F)(F)COc1nc(Cl)nc(Nc2cccc(C(F)(F)F)c2)n1. The molecule has 0 saturated carbocycles. The number of anilines is 5. The third-order valence-electron chi connectivity index (χ3n) is 8.64. The van der Waals surface area contributed by atoms with Gasteiger partial charge in [0.25, 0.3) is 0 Å². The van der Waals surface area contributed by atoms with Crippen LogP contribution in [0.2, 0.25) is 5.28 Å². The van der Waals surface area contributed by atoms with Crippen LogP contribution in [0.1, 0.15) is 36.8 Å². The third-order valence-corrected chi connectivity index (χ3v) is 8.81. The molecule has 0 spiro atoms. The minimum Gasteiger partial charge on any atom is -0.454 e. The normalized spacial score (nSPS) is 15.9. The van der Waals surface area contributed by atoms with Gasteiger partial charge >= 0.3 is 36.7 Å². The van der Waals surface area contributed by atoms with Crippen LogP contribution in [0.15, 0.2) is 48.5 Å². The summed E-state index contributed by atoms with van der Waals surface area (Å²) in [7, 11) is 4.12. The lowest BCUT2D eigenvalue weighted by Gasteiger charge is -2.29. The van der Waals surface area contributed by atoms with Gasteiger partial charge < -0.3 is 41.0 Å². The molecule has 0 amide bonds. The molecule has 2 aromatic carbocycles. The second-order valence-corrected chi connectivity index (χ2v) is 14.4. The van der Waals surface area contributed by atoms with E-state index in [0.717, 1.165) is 56.3 Å². The quantitative estimate of drug-likeness (QED) is 0.112. The monoisotopic (exact) mass is 936 g/mol. The zero-order valence-corrected chi connectivity index (χ0v) is 34.0. The zero-order chi connectivity index (χ0) is 46.6. The first-order chi connectivity index (χ1) is 29.3. The molecule has 0 atom stereocenters. The lowest BCUT2D eigenvalue weighted by atomic mass is 10.1. The second kappa shape index (κ2) is 21.9. The number of aromatic nitrogens is 6. The first-order valence-corrected chi connectivity index (χ1v) is 19.0. The standard InChI is InChI=1S/C18H20F6N6O.C12H7ClF6N4O.C6H14N2/c1-30-7-5-12(6-8-30)25-14-27-15(29-16(28-14)31-10-17(19,20)21)26-13-4-2-3-11(9-13)18(22,23)24;13-8-21-9(23-10(22-8)24-5-11(14,15)16)20-7-3-1-2-6(4-7)12(17,18)19;1-8-4-2-6(7)3-5-8/h2-4,9,12H,5-8,10H2,1H3,(H2,25,26,27,28,29);1-4H,5H2,(H,20,21,22,23);6H,2-5,7H2,1H3. The Morgan fingerprint density at radius 3 is 1.44 bits per heavy atom. The van der Waals surface area contributed by atoms with Gasteiger partial charge in [0.05, 0.1) is 11.1 Å². The molecule has 2 aliphatic heterocycles. The summed E-state index contributed by atoms with van der Waals surface area (Å²) < 4.78 is 159. The molecular weight excluding hydrogens is 896 g/mol. The summed E-state index contributed by atoms with van der Waals surface area (Å²) in [6.45, 7) is 0.720. The topological polar surface area (TPSA) is 164 Å². The molecule has 2 aliphatic rings. The largest absolute Gasteiger partial charge is 0.454 e. The molecule has 4 heterocycles. The van der Waals surface area contributed by atoms with Crippen LogP contribution in [0.4, 0.5) is 81.9 Å². The summed E-state index contributed by atoms with van der Waals surface area (Å²) >= 11 is 5.53. The van der Waals surface area contributed by atoms with E-state index >= 15 is 0 Å². The average Bonchev–Trinajstić information content (AvgIpc) is 3.18. The molecule has 14 nitrogen and oxygen atoms in total. The number of alkyl halides is 12. The Morgan fingerprint density at radius 1 is 0.603 bits per heavy atom. The minimum atomic E-state index is -4.62. The van der Waals surface area contributed by atoms with Crippen LogP contribution >= 0.6 is 11.6 Å². The number of nitrogens with two attached hydrogens (primary N) is 1. The maximum absolute atomic E-state index is 12.9. The van der Waals surface area contributed by atoms with E-state index in [1.165, 1.54) is 44.1 Å². The van der Waals surface area contributed by atoms with Gasteiger partial charge in [-0.1, -0.05) is 12.1 Å². The lowest BCUT2D eigenvalue weighted by molar-refractivity contribution is -0.155. The minimum absolute atomic E-state index is 0.00744. The number of likely N-dealkylation sites (tertiary alicyclic amines) is 2. The van der Waals surface area contributed by atoms with E-state index in [0.29, 0.717) is 6.04 Å². The molecule has 2 saturated heterocycles. The predicted molar refractivity (Wildman–Crippen MR) is 206 cm³/mol. The molecular formula is C36H41ClF12N12O2. The molecule has 0 aliphatic carbocycles. The number of hydrogen-bond acceptors (Lipinski definition) is 14. The molecule has 2 fully saturated rings. The van der Waals surface area contributed by atoms with E-state index in [9.17, 15) is 52.7 Å². The van der Waals surface area contributed by atoms with Crippen molar-refractivity contribution in [3.05, 3.63) is 64.9 Å². The van der Waals surface area contributed by atoms with E-state index in [1.807, 2.05) is 7.05 Å². The van der Waals surface area contributed by atoms with Gasteiger partial charge in [0.1, 0.15) is 0 Å². The van der Waals surface area contributed by atoms with Crippen molar-refractivity contribution >= 4 is 40.8 Å². The van der Waals surface area contributed by atoms with Crippen LogP contribution in [0.5, 0.6) is 12.0 Å². The fourth-order valence-electron chi connectivity index (χ4n) is 5.46. The molecule has 4 aromatic rings. The fraction of sp³-hybridized carbons (Fsp3) is 0.500. The molecule has 5 N–H and O–H groups in total. The summed E-state index contributed by atoms with van der Waals surface area (Å²) in [4.78, 5) is 26.5. The number of halogens is 13. The summed E-state index contributed by atoms with van der Waals surface area (Å²) in [5.74, 6) is -0.648. The third kappa shape index (κ3) is 19.0. The fourth-order valence-corrected chi connectivity index (χ4v) is 5.61. The van der Waals surface area contributed by atoms with Crippen molar-refractivity contribution in [1.29, 1.82) is 0 Å². The molecule has 0 bridgehead atoms. The summed E-state index contributed by atoms with van der Waals surface area (Å²) in [6.07, 6.45) is -14.5. The Bertz CT molecular complexity index is 2040. The van der Waals surface area contributed by atoms with Crippen molar-refractivity contribution in [3.63, 3.8) is 0 Å². The Labute approximate surface area is 357 Å². The Kier molecular flexibility index (Phi) is 17.6. The number of nitrogens with zero attached hydrogens (tertiary/aromatic N) is 8. The van der Waals surface area contributed by atoms with Crippen LogP contribution in [-0.2, 0) is 12.4 Å². The number of benzene rings is 2. The molecule has 63 heavy (non-hydrogen) atoms. The van der Waals surface area contributed by atoms with Crippen molar-refractivity contribution in [2.45, 2.75) is 62.5 Å². The molecule has 6 rings (SSSR count). The highest BCUT2D eigenvalue weighted by Gasteiger charge is 2.33. The number of piperidine rings is 2. The smallest absolute Gasteiger partial charge is 0.422 e. The maximum Gasteiger partial charge on any atom is 0.422 e. The van der Waals surface area contributed by atoms with Gasteiger partial charge in [-0.3, -0.25) is 0 Å². The van der Waals surface area contributed by atoms with Gasteiger partial charge in [-0.25, -0.2) is 0 Å². The first kappa shape index (κ1) is 50.4. The van der Waals surface area contributed by atoms with Gasteiger partial charge in [0, 0.05) is 23.5 Å². The lowest BCUT2D eigenvalue weighted by Crippen LogP contribution is -2.37. The van der Waals surface area contributed by atoms with Crippen molar-refractivity contribution in [2.75, 3.05) is 69.4 Å². The van der Waals surface area contributed by atoms with Crippen LogP contribution in [0.3, 0.4) is 0 Å². The highest BCUT2D eigenvalue weighted by molar-refractivity contribution is 6.28. The van der Waals surface area contributed by atoms with Crippen molar-refractivity contribution in [1.82, 2.24) is 39.7 Å². The molecule has 0 unspecified atom stereocenters. The Balaban J connectivity index is 0.000000240. The molecule has 348 valence electrons. The van der Waals surface area contributed by atoms with E-state index in [4.69, 9.17) is 17.3 Å². The predicted octanol–water partition coefficient (Wildman–Crippen LogP) is 8.35. The number of ether oxygens (including phenoxy) is 2. The van der Waals surface area contributed by atoms with Crippen molar-refractivity contribution < 1.29 is 62.2 Å². The van der Waals surface area contributed by atoms with Crippen LogP contribution in [0.25, 0.3) is 0 Å². The van der Waals surface area contributed by atoms with Crippen molar-refractivity contribution in [2.24, 2.45) is 5.73 Å². The molecule has 0 radical (unpaired) electrons. The Hall–Kier alpha value is -5.21. The van der Waals surface area contributed by atoms with Gasteiger partial charge in [-0.15, -0.1) is 0 Å². The summed E-state index contributed by atoms with van der Waals surface area (Å²) in [6, 6.07) is 7.44. The van der Waals surface area contributed by atoms with E-state index in [1.54, 1.807) is 0 Å². The van der Waals surface area contributed by atoms with E-state index in [-0.39, 0.29) is 35.3 Å². The first-order valence-electron chi connectivity index (χ1n) is 18.6. The highest BCUT2D eigenvalue weighted by Crippen LogP contribution is 2.33. The highest BCUT2D eigenvalue weighted by atomic mass is 35.5. The maximum atomic E-state index is 12.9. The summed E-state index contributed by atoms with van der Waals surface area (Å²) in [5, 5.41) is 7.50. The number of nitrogens with one attached hydrogen (secondary N) is 3. The van der Waals surface area contributed by atoms with Gasteiger partial charge in [0.15, 0.2) is 13.2 Å².